The lowest BCUT2D eigenvalue weighted by atomic mass is 9.97. The number of ether oxygens (including phenoxy) is 2. The van der Waals surface area contributed by atoms with E-state index in [1.807, 2.05) is 13.0 Å². The van der Waals surface area contributed by atoms with Crippen LogP contribution in [-0.2, 0) is 22.4 Å². The van der Waals surface area contributed by atoms with Gasteiger partial charge in [-0.2, -0.15) is 0 Å². The fraction of sp³-hybridized carbons (Fsp3) is 0.480. The van der Waals surface area contributed by atoms with E-state index in [1.165, 1.54) is 11.1 Å². The highest BCUT2D eigenvalue weighted by Gasteiger charge is 2.25. The van der Waals surface area contributed by atoms with Gasteiger partial charge >= 0.3 is 5.97 Å². The maximum Gasteiger partial charge on any atom is 0.309 e. The van der Waals surface area contributed by atoms with Crippen LogP contribution in [0.2, 0.25) is 0 Å². The lowest BCUT2D eigenvalue weighted by Crippen LogP contribution is -2.37. The van der Waals surface area contributed by atoms with Crippen LogP contribution in [0.3, 0.4) is 0 Å². The van der Waals surface area contributed by atoms with Crippen molar-refractivity contribution in [2.24, 2.45) is 5.92 Å². The van der Waals surface area contributed by atoms with Crippen LogP contribution in [0.1, 0.15) is 37.3 Å². The Balaban J connectivity index is 1.37. The molecule has 4 heteroatoms. The number of nitrogens with zero attached hydrogens (tertiary/aromatic N) is 1. The van der Waals surface area contributed by atoms with Crippen molar-refractivity contribution < 1.29 is 14.3 Å². The quantitative estimate of drug-likeness (QED) is 0.438. The average Bonchev–Trinajstić information content (AvgIpc) is 2.77. The zero-order chi connectivity index (χ0) is 20.3. The maximum atomic E-state index is 11.8. The third-order valence-electron chi connectivity index (χ3n) is 5.58. The van der Waals surface area contributed by atoms with Crippen molar-refractivity contribution >= 4 is 5.97 Å². The second-order valence-electron chi connectivity index (χ2n) is 7.66. The molecule has 0 N–H and O–H groups in total. The summed E-state index contributed by atoms with van der Waals surface area (Å²) in [4.78, 5) is 14.3. The minimum absolute atomic E-state index is 0.0254. The smallest absolute Gasteiger partial charge is 0.309 e. The first-order chi connectivity index (χ1) is 14.3. The summed E-state index contributed by atoms with van der Waals surface area (Å²) in [5.74, 6) is 1.06. The number of benzene rings is 2. The lowest BCUT2D eigenvalue weighted by molar-refractivity contribution is -0.149. The van der Waals surface area contributed by atoms with Crippen molar-refractivity contribution in [1.82, 2.24) is 4.90 Å². The molecule has 156 valence electrons. The summed E-state index contributed by atoms with van der Waals surface area (Å²) >= 11 is 0. The summed E-state index contributed by atoms with van der Waals surface area (Å²) in [6.45, 7) is 6.02. The van der Waals surface area contributed by atoms with Gasteiger partial charge in [0.15, 0.2) is 0 Å². The van der Waals surface area contributed by atoms with E-state index in [0.717, 1.165) is 64.1 Å². The average molecular weight is 396 g/mol. The summed E-state index contributed by atoms with van der Waals surface area (Å²) in [7, 11) is 0. The molecule has 1 heterocycles. The van der Waals surface area contributed by atoms with Crippen molar-refractivity contribution in [2.75, 3.05) is 32.8 Å². The monoisotopic (exact) mass is 395 g/mol. The Morgan fingerprint density at radius 1 is 1.00 bits per heavy atom. The molecule has 2 aromatic rings. The highest BCUT2D eigenvalue weighted by Crippen LogP contribution is 2.21. The molecule has 0 radical (unpaired) electrons. The number of carbonyl (C=O) groups excluding carboxylic acids is 1. The maximum absolute atomic E-state index is 11.8. The highest BCUT2D eigenvalue weighted by molar-refractivity contribution is 5.72. The third kappa shape index (κ3) is 6.90. The van der Waals surface area contributed by atoms with Crippen LogP contribution in [0.25, 0.3) is 0 Å². The highest BCUT2D eigenvalue weighted by atomic mass is 16.5. The topological polar surface area (TPSA) is 38.8 Å². The van der Waals surface area contributed by atoms with Gasteiger partial charge in [-0.15, -0.1) is 0 Å². The Bertz CT molecular complexity index is 739. The van der Waals surface area contributed by atoms with Crippen molar-refractivity contribution in [3.63, 3.8) is 0 Å². The van der Waals surface area contributed by atoms with Crippen molar-refractivity contribution in [3.8, 4) is 5.75 Å². The third-order valence-corrected chi connectivity index (χ3v) is 5.58. The molecule has 0 bridgehead atoms. The number of esters is 1. The number of carbonyl (C=O) groups is 1. The number of aryl methyl sites for hydroxylation is 2. The molecule has 29 heavy (non-hydrogen) atoms. The molecular weight excluding hydrogens is 362 g/mol. The second-order valence-corrected chi connectivity index (χ2v) is 7.66. The van der Waals surface area contributed by atoms with Crippen molar-refractivity contribution in [1.29, 1.82) is 0 Å². The summed E-state index contributed by atoms with van der Waals surface area (Å²) in [6, 6.07) is 19.0. The Morgan fingerprint density at radius 3 is 2.48 bits per heavy atom. The van der Waals surface area contributed by atoms with Crippen molar-refractivity contribution in [2.45, 2.75) is 39.0 Å². The van der Waals surface area contributed by atoms with Crippen LogP contribution < -0.4 is 4.74 Å². The molecule has 2 aromatic carbocycles. The van der Waals surface area contributed by atoms with Gasteiger partial charge in [0.25, 0.3) is 0 Å². The van der Waals surface area contributed by atoms with E-state index in [0.29, 0.717) is 6.61 Å². The molecule has 0 amide bonds. The molecule has 4 nitrogen and oxygen atoms in total. The number of hydrogen-bond acceptors (Lipinski definition) is 4. The van der Waals surface area contributed by atoms with Crippen LogP contribution >= 0.6 is 0 Å². The summed E-state index contributed by atoms with van der Waals surface area (Å²) < 4.78 is 11.3. The molecular formula is C25H33NO3. The standard InChI is InChI=1S/C25H33NO3/c1-2-28-25(27)23-15-18-26(19-16-23)17-8-20-29-24-12-7-6-11-22(24)14-13-21-9-4-3-5-10-21/h3-7,9-12,23H,2,8,13-20H2,1H3. The van der Waals surface area contributed by atoms with E-state index >= 15 is 0 Å². The van der Waals surface area contributed by atoms with E-state index in [4.69, 9.17) is 9.47 Å². The minimum atomic E-state index is -0.0254. The lowest BCUT2D eigenvalue weighted by Gasteiger charge is -2.30. The van der Waals surface area contributed by atoms with E-state index in [9.17, 15) is 4.79 Å². The largest absolute Gasteiger partial charge is 0.493 e. The SMILES string of the molecule is CCOC(=O)C1CCN(CCCOc2ccccc2CCc2ccccc2)CC1. The van der Waals surface area contributed by atoms with Gasteiger partial charge in [-0.1, -0.05) is 48.5 Å². The molecule has 3 rings (SSSR count). The Morgan fingerprint density at radius 2 is 1.72 bits per heavy atom. The van der Waals surface area contributed by atoms with Crippen LogP contribution in [0.15, 0.2) is 54.6 Å². The predicted molar refractivity (Wildman–Crippen MR) is 116 cm³/mol. The first-order valence-corrected chi connectivity index (χ1v) is 10.9. The van der Waals surface area contributed by atoms with Crippen molar-refractivity contribution in [3.05, 3.63) is 65.7 Å². The normalized spacial score (nSPS) is 15.2. The van der Waals surface area contributed by atoms with E-state index < -0.39 is 0 Å². The first kappa shape index (κ1) is 21.4. The molecule has 1 saturated heterocycles. The van der Waals surface area contributed by atoms with Gasteiger partial charge in [-0.25, -0.2) is 0 Å². The van der Waals surface area contributed by atoms with Crippen LogP contribution in [-0.4, -0.2) is 43.7 Å². The number of piperidine rings is 1. The fourth-order valence-electron chi connectivity index (χ4n) is 3.90. The molecule has 0 aliphatic carbocycles. The summed E-state index contributed by atoms with van der Waals surface area (Å²) in [5.41, 5.74) is 2.63. The van der Waals surface area contributed by atoms with Gasteiger partial charge in [-0.05, 0) is 69.3 Å². The molecule has 0 saturated carbocycles. The molecule has 0 atom stereocenters. The van der Waals surface area contributed by atoms with Gasteiger partial charge in [0, 0.05) is 6.54 Å². The Kier molecular flexibility index (Phi) is 8.57. The Hall–Kier alpha value is -2.33. The summed E-state index contributed by atoms with van der Waals surface area (Å²) in [6.07, 6.45) is 4.82. The number of hydrogen-bond donors (Lipinski definition) is 0. The number of para-hydroxylation sites is 1. The Labute approximate surface area is 174 Å². The van der Waals surface area contributed by atoms with E-state index in [1.54, 1.807) is 0 Å². The molecule has 0 aromatic heterocycles. The number of likely N-dealkylation sites (tertiary alicyclic amines) is 1. The minimum Gasteiger partial charge on any atom is -0.493 e. The van der Waals surface area contributed by atoms with E-state index in [2.05, 4.69) is 53.4 Å². The molecule has 0 unspecified atom stereocenters. The zero-order valence-electron chi connectivity index (χ0n) is 17.5. The summed E-state index contributed by atoms with van der Waals surface area (Å²) in [5, 5.41) is 0. The van der Waals surface area contributed by atoms with Gasteiger partial charge in [0.2, 0.25) is 0 Å². The van der Waals surface area contributed by atoms with Gasteiger partial charge in [-0.3, -0.25) is 4.79 Å². The zero-order valence-corrected chi connectivity index (χ0v) is 17.5. The van der Waals surface area contributed by atoms with Crippen LogP contribution in [0.5, 0.6) is 5.75 Å². The van der Waals surface area contributed by atoms with E-state index in [-0.39, 0.29) is 11.9 Å². The fourth-order valence-corrected chi connectivity index (χ4v) is 3.90. The predicted octanol–water partition coefficient (Wildman–Crippen LogP) is 4.52. The second kappa shape index (κ2) is 11.6. The molecule has 1 aliphatic heterocycles. The van der Waals surface area contributed by atoms with Crippen LogP contribution in [0.4, 0.5) is 0 Å². The molecule has 0 spiro atoms. The van der Waals surface area contributed by atoms with Gasteiger partial charge in [0.1, 0.15) is 5.75 Å². The van der Waals surface area contributed by atoms with Gasteiger partial charge in [0.05, 0.1) is 19.1 Å². The molecule has 1 aliphatic rings. The molecule has 1 fully saturated rings. The van der Waals surface area contributed by atoms with Crippen LogP contribution in [0, 0.1) is 5.92 Å². The van der Waals surface area contributed by atoms with Gasteiger partial charge < -0.3 is 14.4 Å². The number of rotatable bonds is 10. The first-order valence-electron chi connectivity index (χ1n) is 10.9.